The van der Waals surface area contributed by atoms with Gasteiger partial charge in [-0.2, -0.15) is 0 Å². The molecule has 0 fully saturated rings. The maximum atomic E-state index is 14.4. The standard InChI is InChI=1S/C25H24ClF2N3O4S/c1-17(25(33)29-2)30(15-18-8-6-7-11-22(18)27)24(32)16-31(19-12-13-23(28)21(26)14-19)36(34,35)20-9-4-3-5-10-20/h3-14,17H,15-16H2,1-2H3,(H,29,33)/t17-/m0/s1. The third kappa shape index (κ3) is 6.00. The van der Waals surface area contributed by atoms with Gasteiger partial charge in [0.05, 0.1) is 15.6 Å². The molecular weight excluding hydrogens is 512 g/mol. The first-order chi connectivity index (χ1) is 17.1. The lowest BCUT2D eigenvalue weighted by atomic mass is 10.1. The summed E-state index contributed by atoms with van der Waals surface area (Å²) in [7, 11) is -2.93. The van der Waals surface area contributed by atoms with Gasteiger partial charge in [-0.1, -0.05) is 48.0 Å². The van der Waals surface area contributed by atoms with E-state index < -0.39 is 46.1 Å². The van der Waals surface area contributed by atoms with Gasteiger partial charge < -0.3 is 10.2 Å². The largest absolute Gasteiger partial charge is 0.357 e. The first kappa shape index (κ1) is 27.1. The molecule has 11 heteroatoms. The smallest absolute Gasteiger partial charge is 0.264 e. The van der Waals surface area contributed by atoms with Crippen LogP contribution in [-0.2, 0) is 26.2 Å². The predicted molar refractivity (Wildman–Crippen MR) is 133 cm³/mol. The molecule has 0 saturated carbocycles. The number of carbonyl (C=O) groups excluding carboxylic acids is 2. The number of amides is 2. The highest BCUT2D eigenvalue weighted by molar-refractivity contribution is 7.92. The topological polar surface area (TPSA) is 86.8 Å². The van der Waals surface area contributed by atoms with E-state index in [0.717, 1.165) is 21.3 Å². The molecule has 3 aromatic carbocycles. The number of rotatable bonds is 9. The molecule has 3 aromatic rings. The summed E-state index contributed by atoms with van der Waals surface area (Å²) in [6.07, 6.45) is 0. The number of carbonyl (C=O) groups is 2. The Morgan fingerprint density at radius 2 is 1.61 bits per heavy atom. The number of hydrogen-bond donors (Lipinski definition) is 1. The highest BCUT2D eigenvalue weighted by Crippen LogP contribution is 2.28. The van der Waals surface area contributed by atoms with E-state index in [1.807, 2.05) is 0 Å². The minimum atomic E-state index is -4.31. The van der Waals surface area contributed by atoms with E-state index in [1.54, 1.807) is 12.1 Å². The molecule has 3 rings (SSSR count). The summed E-state index contributed by atoms with van der Waals surface area (Å²) in [4.78, 5) is 26.9. The van der Waals surface area contributed by atoms with Crippen LogP contribution in [0.4, 0.5) is 14.5 Å². The van der Waals surface area contributed by atoms with Gasteiger partial charge in [0.15, 0.2) is 0 Å². The number of likely N-dealkylation sites (N-methyl/N-ethyl adjacent to an activating group) is 1. The fourth-order valence-electron chi connectivity index (χ4n) is 3.49. The Morgan fingerprint density at radius 1 is 0.972 bits per heavy atom. The summed E-state index contributed by atoms with van der Waals surface area (Å²) in [5.74, 6) is -2.66. The highest BCUT2D eigenvalue weighted by atomic mass is 35.5. The van der Waals surface area contributed by atoms with Gasteiger partial charge in [-0.25, -0.2) is 17.2 Å². The summed E-state index contributed by atoms with van der Waals surface area (Å²) in [6.45, 7) is 0.404. The summed E-state index contributed by atoms with van der Waals surface area (Å²) in [5.41, 5.74) is 0.0842. The second kappa shape index (κ2) is 11.5. The summed E-state index contributed by atoms with van der Waals surface area (Å²) in [6, 6.07) is 15.3. The number of benzene rings is 3. The molecule has 1 N–H and O–H groups in total. The van der Waals surface area contributed by atoms with Gasteiger partial charge in [-0.05, 0) is 43.3 Å². The van der Waals surface area contributed by atoms with E-state index in [1.165, 1.54) is 62.5 Å². The second-order valence-electron chi connectivity index (χ2n) is 7.83. The molecule has 0 bridgehead atoms. The number of hydrogen-bond acceptors (Lipinski definition) is 4. The van der Waals surface area contributed by atoms with Gasteiger partial charge >= 0.3 is 0 Å². The lowest BCUT2D eigenvalue weighted by molar-refractivity contribution is -0.139. The monoisotopic (exact) mass is 535 g/mol. The molecule has 190 valence electrons. The summed E-state index contributed by atoms with van der Waals surface area (Å²) < 4.78 is 56.1. The van der Waals surface area contributed by atoms with Crippen molar-refractivity contribution in [2.24, 2.45) is 0 Å². The van der Waals surface area contributed by atoms with Gasteiger partial charge in [0.2, 0.25) is 11.8 Å². The molecule has 0 unspecified atom stereocenters. The van der Waals surface area contributed by atoms with Crippen LogP contribution in [0.25, 0.3) is 0 Å². The van der Waals surface area contributed by atoms with Crippen LogP contribution in [0.3, 0.4) is 0 Å². The van der Waals surface area contributed by atoms with Crippen molar-refractivity contribution in [1.29, 1.82) is 0 Å². The van der Waals surface area contributed by atoms with E-state index in [-0.39, 0.29) is 27.7 Å². The van der Waals surface area contributed by atoms with E-state index in [0.29, 0.717) is 0 Å². The first-order valence-corrected chi connectivity index (χ1v) is 12.7. The molecule has 0 heterocycles. The third-order valence-corrected chi connectivity index (χ3v) is 7.59. The molecular formula is C25H24ClF2N3O4S. The van der Waals surface area contributed by atoms with Crippen LogP contribution >= 0.6 is 11.6 Å². The lowest BCUT2D eigenvalue weighted by Gasteiger charge is -2.31. The average Bonchev–Trinajstić information content (AvgIpc) is 2.87. The molecule has 7 nitrogen and oxygen atoms in total. The van der Waals surface area contributed by atoms with Crippen molar-refractivity contribution in [3.63, 3.8) is 0 Å². The van der Waals surface area contributed by atoms with Crippen molar-refractivity contribution in [3.05, 3.63) is 95.0 Å². The van der Waals surface area contributed by atoms with Crippen LogP contribution in [0.5, 0.6) is 0 Å². The van der Waals surface area contributed by atoms with Gasteiger partial charge in [-0.3, -0.25) is 13.9 Å². The van der Waals surface area contributed by atoms with Gasteiger partial charge in [0.1, 0.15) is 24.2 Å². The summed E-state index contributed by atoms with van der Waals surface area (Å²) >= 11 is 5.90. The lowest BCUT2D eigenvalue weighted by Crippen LogP contribution is -2.50. The predicted octanol–water partition coefficient (Wildman–Crippen LogP) is 3.98. The number of anilines is 1. The van der Waals surface area contributed by atoms with Crippen molar-refractivity contribution in [2.75, 3.05) is 17.9 Å². The van der Waals surface area contributed by atoms with Crippen LogP contribution in [-0.4, -0.2) is 44.8 Å². The molecule has 0 aliphatic carbocycles. The van der Waals surface area contributed by atoms with E-state index >= 15 is 0 Å². The maximum absolute atomic E-state index is 14.4. The molecule has 36 heavy (non-hydrogen) atoms. The van der Waals surface area contributed by atoms with Crippen LogP contribution in [0.1, 0.15) is 12.5 Å². The molecule has 0 spiro atoms. The van der Waals surface area contributed by atoms with E-state index in [2.05, 4.69) is 5.32 Å². The second-order valence-corrected chi connectivity index (χ2v) is 10.1. The van der Waals surface area contributed by atoms with E-state index in [9.17, 15) is 26.8 Å². The maximum Gasteiger partial charge on any atom is 0.264 e. The molecule has 1 atom stereocenters. The molecule has 0 aliphatic heterocycles. The number of nitrogens with zero attached hydrogens (tertiary/aromatic N) is 2. The van der Waals surface area contributed by atoms with Crippen molar-refractivity contribution >= 4 is 39.1 Å². The zero-order valence-corrected chi connectivity index (χ0v) is 21.1. The SMILES string of the molecule is CNC(=O)[C@H](C)N(Cc1ccccc1F)C(=O)CN(c1ccc(F)c(Cl)c1)S(=O)(=O)c1ccccc1. The van der Waals surface area contributed by atoms with Crippen molar-refractivity contribution in [3.8, 4) is 0 Å². The van der Waals surface area contributed by atoms with Crippen molar-refractivity contribution < 1.29 is 26.8 Å². The van der Waals surface area contributed by atoms with Crippen molar-refractivity contribution in [1.82, 2.24) is 10.2 Å². The third-order valence-electron chi connectivity index (χ3n) is 5.51. The van der Waals surface area contributed by atoms with Gasteiger partial charge in [0.25, 0.3) is 10.0 Å². The normalized spacial score (nSPS) is 12.0. The minimum absolute atomic E-state index is 0.0583. The number of halogens is 3. The van der Waals surface area contributed by atoms with Crippen molar-refractivity contribution in [2.45, 2.75) is 24.4 Å². The molecule has 2 amide bonds. The number of sulfonamides is 1. The Labute approximate surface area is 213 Å². The summed E-state index contributed by atoms with van der Waals surface area (Å²) in [5, 5.41) is 2.10. The number of nitrogens with one attached hydrogen (secondary N) is 1. The minimum Gasteiger partial charge on any atom is -0.357 e. The van der Waals surface area contributed by atoms with Crippen LogP contribution in [0, 0.1) is 11.6 Å². The Morgan fingerprint density at radius 3 is 2.22 bits per heavy atom. The molecule has 0 aliphatic rings. The quantitative estimate of drug-likeness (QED) is 0.449. The van der Waals surface area contributed by atoms with Crippen LogP contribution < -0.4 is 9.62 Å². The Bertz CT molecular complexity index is 1360. The van der Waals surface area contributed by atoms with Crippen LogP contribution in [0.15, 0.2) is 77.7 Å². The van der Waals surface area contributed by atoms with Gasteiger partial charge in [0, 0.05) is 19.2 Å². The fourth-order valence-corrected chi connectivity index (χ4v) is 5.09. The highest BCUT2D eigenvalue weighted by Gasteiger charge is 2.32. The first-order valence-electron chi connectivity index (χ1n) is 10.8. The zero-order chi connectivity index (χ0) is 26.5. The Hall–Kier alpha value is -3.50. The van der Waals surface area contributed by atoms with Gasteiger partial charge in [-0.15, -0.1) is 0 Å². The molecule has 0 saturated heterocycles. The zero-order valence-electron chi connectivity index (χ0n) is 19.5. The molecule has 0 aromatic heterocycles. The van der Waals surface area contributed by atoms with E-state index in [4.69, 9.17) is 11.6 Å². The Kier molecular flexibility index (Phi) is 8.65. The van der Waals surface area contributed by atoms with Crippen LogP contribution in [0.2, 0.25) is 5.02 Å². The Balaban J connectivity index is 2.06. The molecule has 0 radical (unpaired) electrons. The fraction of sp³-hybridized carbons (Fsp3) is 0.200. The average molecular weight is 536 g/mol.